The minimum Gasteiger partial charge on any atom is -0.291 e. The molecule has 2 aromatic heterocycles. The highest BCUT2D eigenvalue weighted by Crippen LogP contribution is 2.44. The zero-order valence-corrected chi connectivity index (χ0v) is 35.1. The first-order valence-electron chi connectivity index (χ1n) is 22.2. The van der Waals surface area contributed by atoms with E-state index in [9.17, 15) is 0 Å². The summed E-state index contributed by atoms with van der Waals surface area (Å²) in [6.07, 6.45) is 27.8. The Labute approximate surface area is 362 Å². The number of pyridine rings is 1. The van der Waals surface area contributed by atoms with Gasteiger partial charge in [-0.15, -0.1) is 0 Å². The van der Waals surface area contributed by atoms with Crippen molar-refractivity contribution in [2.24, 2.45) is 0 Å². The Morgan fingerprint density at radius 1 is 0.565 bits per heavy atom. The van der Waals surface area contributed by atoms with E-state index in [1.807, 2.05) is 0 Å². The molecule has 62 heavy (non-hydrogen) atoms. The van der Waals surface area contributed by atoms with Crippen molar-refractivity contribution in [2.45, 2.75) is 44.9 Å². The molecule has 12 rings (SSSR count). The quantitative estimate of drug-likeness (QED) is 0.125. The summed E-state index contributed by atoms with van der Waals surface area (Å²) in [7, 11) is 0. The van der Waals surface area contributed by atoms with Crippen LogP contribution in [0.5, 0.6) is 0 Å². The molecular formula is C60H46N2. The Bertz CT molecular complexity index is 3520. The molecule has 3 aliphatic rings. The molecule has 0 bridgehead atoms. The van der Waals surface area contributed by atoms with Gasteiger partial charge >= 0.3 is 0 Å². The average molecular weight is 795 g/mol. The van der Waals surface area contributed by atoms with E-state index < -0.39 is 0 Å². The maximum atomic E-state index is 5.51. The maximum Gasteiger partial charge on any atom is 0.146 e. The molecule has 2 nitrogen and oxygen atoms in total. The van der Waals surface area contributed by atoms with E-state index in [-0.39, 0.29) is 11.8 Å². The lowest BCUT2D eigenvalue weighted by Crippen LogP contribution is -2.02. The largest absolute Gasteiger partial charge is 0.291 e. The van der Waals surface area contributed by atoms with Gasteiger partial charge < -0.3 is 0 Å². The van der Waals surface area contributed by atoms with Gasteiger partial charge in [0.15, 0.2) is 0 Å². The molecule has 0 N–H and O–H groups in total. The van der Waals surface area contributed by atoms with Crippen LogP contribution >= 0.6 is 0 Å². The third kappa shape index (κ3) is 5.89. The number of benzene rings is 7. The van der Waals surface area contributed by atoms with E-state index in [0.717, 1.165) is 30.6 Å². The highest BCUT2D eigenvalue weighted by atomic mass is 15.0. The Morgan fingerprint density at radius 3 is 2.19 bits per heavy atom. The van der Waals surface area contributed by atoms with E-state index in [2.05, 4.69) is 212 Å². The smallest absolute Gasteiger partial charge is 0.146 e. The van der Waals surface area contributed by atoms with Crippen LogP contribution in [0.3, 0.4) is 0 Å². The van der Waals surface area contributed by atoms with Gasteiger partial charge in [-0.1, -0.05) is 170 Å². The maximum absolute atomic E-state index is 5.51. The fourth-order valence-corrected chi connectivity index (χ4v) is 10.6. The van der Waals surface area contributed by atoms with Crippen LogP contribution in [0.1, 0.15) is 63.8 Å². The van der Waals surface area contributed by atoms with Gasteiger partial charge in [0.05, 0.1) is 16.9 Å². The van der Waals surface area contributed by atoms with E-state index in [1.54, 1.807) is 0 Å². The molecule has 0 aliphatic heterocycles. The standard InChI is InChI=1S/C60H46N2/c1-38-15-9-10-20-48(38)59-58(43-17-6-4-7-18-43)61-60-53-24-14-12-22-50(53)55-37-46(32-34-56(55)62(59)60)42-27-25-41(26-28-42)45-31-33-52-54(36-45)39(2)49-21-11-13-23-51(49)57(52)47-30-29-40-16-5-3-8-19-44(40)35-47/h3-15,17,19-27,29-37,42-43H,16,18,28H2,1-2H3. The first-order chi connectivity index (χ1) is 30.6. The third-order valence-corrected chi connectivity index (χ3v) is 13.8. The molecule has 0 radical (unpaired) electrons. The molecule has 9 aromatic rings. The monoisotopic (exact) mass is 794 g/mol. The number of aryl methyl sites for hydroxylation is 2. The van der Waals surface area contributed by atoms with Gasteiger partial charge in [0, 0.05) is 28.2 Å². The minimum absolute atomic E-state index is 0.221. The molecule has 7 aromatic carbocycles. The van der Waals surface area contributed by atoms with Crippen molar-refractivity contribution in [1.29, 1.82) is 0 Å². The predicted octanol–water partition coefficient (Wildman–Crippen LogP) is 15.8. The summed E-state index contributed by atoms with van der Waals surface area (Å²) in [5, 5.41) is 8.95. The molecule has 296 valence electrons. The molecule has 2 atom stereocenters. The fourth-order valence-electron chi connectivity index (χ4n) is 10.6. The van der Waals surface area contributed by atoms with Crippen LogP contribution in [0.25, 0.3) is 82.9 Å². The molecule has 0 spiro atoms. The summed E-state index contributed by atoms with van der Waals surface area (Å²) in [6.45, 7) is 4.51. The first kappa shape index (κ1) is 36.6. The number of fused-ring (bicyclic) bond motifs is 9. The highest BCUT2D eigenvalue weighted by Gasteiger charge is 2.26. The van der Waals surface area contributed by atoms with Crippen LogP contribution in [0, 0.1) is 13.8 Å². The topological polar surface area (TPSA) is 17.3 Å². The number of imidazole rings is 1. The Kier molecular flexibility index (Phi) is 8.67. The van der Waals surface area contributed by atoms with Crippen molar-refractivity contribution in [2.75, 3.05) is 0 Å². The summed E-state index contributed by atoms with van der Waals surface area (Å²) in [5.74, 6) is 0.499. The van der Waals surface area contributed by atoms with Crippen LogP contribution < -0.4 is 0 Å². The van der Waals surface area contributed by atoms with Crippen molar-refractivity contribution in [1.82, 2.24) is 9.38 Å². The third-order valence-electron chi connectivity index (χ3n) is 13.8. The van der Waals surface area contributed by atoms with E-state index >= 15 is 0 Å². The Morgan fingerprint density at radius 2 is 1.35 bits per heavy atom. The van der Waals surface area contributed by atoms with Gasteiger partial charge in [0.1, 0.15) is 5.65 Å². The van der Waals surface area contributed by atoms with Crippen LogP contribution in [0.4, 0.5) is 0 Å². The summed E-state index contributed by atoms with van der Waals surface area (Å²) >= 11 is 0. The second kappa shape index (κ2) is 14.7. The van der Waals surface area contributed by atoms with Crippen molar-refractivity contribution in [3.63, 3.8) is 0 Å². The van der Waals surface area contributed by atoms with Gasteiger partial charge in [-0.3, -0.25) is 4.40 Å². The lowest BCUT2D eigenvalue weighted by molar-refractivity contribution is 0.828. The average Bonchev–Trinajstić information content (AvgIpc) is 3.57. The van der Waals surface area contributed by atoms with Crippen molar-refractivity contribution in [3.8, 4) is 22.4 Å². The molecule has 3 aliphatic carbocycles. The molecule has 2 heterocycles. The van der Waals surface area contributed by atoms with Crippen LogP contribution in [-0.2, 0) is 6.42 Å². The predicted molar refractivity (Wildman–Crippen MR) is 264 cm³/mol. The number of allylic oxidation sites excluding steroid dienone is 11. The fraction of sp³-hybridized carbons (Fsp3) is 0.117. The summed E-state index contributed by atoms with van der Waals surface area (Å²) in [5.41, 5.74) is 17.6. The normalized spacial score (nSPS) is 17.1. The van der Waals surface area contributed by atoms with Crippen LogP contribution in [0.15, 0.2) is 188 Å². The number of hydrogen-bond acceptors (Lipinski definition) is 1. The molecule has 2 heteroatoms. The van der Waals surface area contributed by atoms with Crippen molar-refractivity contribution < 1.29 is 0 Å². The molecular weight excluding hydrogens is 749 g/mol. The number of hydrogen-bond donors (Lipinski definition) is 0. The molecule has 0 fully saturated rings. The summed E-state index contributed by atoms with van der Waals surface area (Å²) in [4.78, 5) is 5.51. The van der Waals surface area contributed by atoms with Gasteiger partial charge in [0.25, 0.3) is 0 Å². The number of aromatic nitrogens is 2. The molecule has 0 amide bonds. The van der Waals surface area contributed by atoms with Crippen LogP contribution in [0.2, 0.25) is 0 Å². The first-order valence-corrected chi connectivity index (χ1v) is 22.2. The lowest BCUT2D eigenvalue weighted by Gasteiger charge is -2.20. The lowest BCUT2D eigenvalue weighted by atomic mass is 9.84. The van der Waals surface area contributed by atoms with Gasteiger partial charge in [0.2, 0.25) is 0 Å². The van der Waals surface area contributed by atoms with E-state index in [1.165, 1.54) is 105 Å². The van der Waals surface area contributed by atoms with Crippen LogP contribution in [-0.4, -0.2) is 9.38 Å². The Balaban J connectivity index is 0.939. The van der Waals surface area contributed by atoms with Gasteiger partial charge in [-0.25, -0.2) is 4.98 Å². The molecule has 0 saturated heterocycles. The minimum atomic E-state index is 0.221. The van der Waals surface area contributed by atoms with Crippen molar-refractivity contribution >= 4 is 60.5 Å². The molecule has 0 saturated carbocycles. The highest BCUT2D eigenvalue weighted by molar-refractivity contribution is 6.16. The molecule has 2 unspecified atom stereocenters. The van der Waals surface area contributed by atoms with Gasteiger partial charge in [-0.2, -0.15) is 0 Å². The zero-order valence-electron chi connectivity index (χ0n) is 35.1. The van der Waals surface area contributed by atoms with Crippen molar-refractivity contribution in [3.05, 3.63) is 227 Å². The van der Waals surface area contributed by atoms with E-state index in [0.29, 0.717) is 0 Å². The van der Waals surface area contributed by atoms with Gasteiger partial charge in [-0.05, 0) is 134 Å². The second-order valence-electron chi connectivity index (χ2n) is 17.4. The van der Waals surface area contributed by atoms with E-state index in [4.69, 9.17) is 4.98 Å². The summed E-state index contributed by atoms with van der Waals surface area (Å²) < 4.78 is 2.46. The summed E-state index contributed by atoms with van der Waals surface area (Å²) in [6, 6.07) is 47.9. The Hall–Kier alpha value is -7.29. The zero-order chi connectivity index (χ0) is 41.3. The number of nitrogens with zero attached hydrogens (tertiary/aromatic N) is 2. The SMILES string of the molecule is Cc1ccccc1-c1c(C2C=CC=CC2)nc2c3ccccc3c3cc(C4C=CC(c5ccc6c(-c7ccc8c(c7)C=CC=CC8)c7ccccc7c(C)c6c5)=CC4)ccc3n12. The second-order valence-corrected chi connectivity index (χ2v) is 17.4. The number of rotatable bonds is 5.